The van der Waals surface area contributed by atoms with E-state index in [2.05, 4.69) is 15.4 Å². The zero-order chi connectivity index (χ0) is 15.2. The molecule has 0 aromatic carbocycles. The molecule has 0 spiro atoms. The Balaban J connectivity index is 2.61. The number of aromatic nitrogens is 2. The minimum Gasteiger partial charge on any atom is -0.357 e. The Morgan fingerprint density at radius 3 is 2.70 bits per heavy atom. The summed E-state index contributed by atoms with van der Waals surface area (Å²) in [5.41, 5.74) is 0.969. The van der Waals surface area contributed by atoms with Crippen LogP contribution < -0.4 is 5.32 Å². The topological polar surface area (TPSA) is 45.5 Å². The number of halogens is 3. The molecular weight excluding hydrogens is 271 g/mol. The number of hydrogen-bond acceptors (Lipinski definition) is 2. The van der Waals surface area contributed by atoms with Crippen molar-refractivity contribution in [3.8, 4) is 0 Å². The van der Waals surface area contributed by atoms with E-state index < -0.39 is 12.6 Å². The van der Waals surface area contributed by atoms with Crippen LogP contribution in [0.1, 0.15) is 18.9 Å². The van der Waals surface area contributed by atoms with Gasteiger partial charge in [-0.25, -0.2) is 0 Å². The molecule has 1 aromatic rings. The van der Waals surface area contributed by atoms with Gasteiger partial charge in [0.15, 0.2) is 5.96 Å². The number of aliphatic imine (C=N–C) groups is 1. The van der Waals surface area contributed by atoms with Crippen molar-refractivity contribution in [1.82, 2.24) is 20.0 Å². The van der Waals surface area contributed by atoms with Gasteiger partial charge in [-0.15, -0.1) is 0 Å². The first-order valence-electron chi connectivity index (χ1n) is 6.35. The largest absolute Gasteiger partial charge is 0.390 e. The molecule has 0 unspecified atom stereocenters. The molecular formula is C12H20F3N5. The van der Waals surface area contributed by atoms with Gasteiger partial charge >= 0.3 is 6.18 Å². The number of rotatable bonds is 5. The SMILES string of the molecule is CCNC(=NCCC(F)(F)F)N(C)Cc1cnn(C)c1. The van der Waals surface area contributed by atoms with E-state index in [9.17, 15) is 13.2 Å². The number of guanidine groups is 1. The van der Waals surface area contributed by atoms with Gasteiger partial charge in [0.2, 0.25) is 0 Å². The Morgan fingerprint density at radius 1 is 1.50 bits per heavy atom. The van der Waals surface area contributed by atoms with Crippen molar-refractivity contribution < 1.29 is 13.2 Å². The molecule has 0 aliphatic heterocycles. The first-order chi connectivity index (χ1) is 9.31. The third-order valence-corrected chi connectivity index (χ3v) is 2.53. The summed E-state index contributed by atoms with van der Waals surface area (Å²) in [5.74, 6) is 0.459. The van der Waals surface area contributed by atoms with E-state index in [0.29, 0.717) is 19.0 Å². The predicted octanol–water partition coefficient (Wildman–Crippen LogP) is 1.77. The lowest BCUT2D eigenvalue weighted by atomic mass is 10.3. The van der Waals surface area contributed by atoms with Crippen molar-refractivity contribution in [1.29, 1.82) is 0 Å². The van der Waals surface area contributed by atoms with Crippen molar-refractivity contribution >= 4 is 5.96 Å². The monoisotopic (exact) mass is 291 g/mol. The van der Waals surface area contributed by atoms with Crippen molar-refractivity contribution in [3.63, 3.8) is 0 Å². The van der Waals surface area contributed by atoms with E-state index in [1.165, 1.54) is 0 Å². The molecule has 0 saturated carbocycles. The molecule has 0 amide bonds. The summed E-state index contributed by atoms with van der Waals surface area (Å²) in [7, 11) is 3.59. The van der Waals surface area contributed by atoms with Crippen LogP contribution in [0.25, 0.3) is 0 Å². The van der Waals surface area contributed by atoms with Gasteiger partial charge < -0.3 is 10.2 Å². The van der Waals surface area contributed by atoms with E-state index in [-0.39, 0.29) is 6.54 Å². The molecule has 1 rings (SSSR count). The number of nitrogens with zero attached hydrogens (tertiary/aromatic N) is 4. The molecule has 20 heavy (non-hydrogen) atoms. The van der Waals surface area contributed by atoms with Crippen LogP contribution in [0.15, 0.2) is 17.4 Å². The fourth-order valence-corrected chi connectivity index (χ4v) is 1.66. The van der Waals surface area contributed by atoms with Crippen LogP contribution in [0.4, 0.5) is 13.2 Å². The van der Waals surface area contributed by atoms with Crippen molar-refractivity contribution in [2.75, 3.05) is 20.1 Å². The van der Waals surface area contributed by atoms with Gasteiger partial charge in [-0.3, -0.25) is 9.67 Å². The Labute approximate surface area is 116 Å². The number of alkyl halides is 3. The van der Waals surface area contributed by atoms with E-state index >= 15 is 0 Å². The maximum Gasteiger partial charge on any atom is 0.390 e. The molecule has 0 aliphatic rings. The van der Waals surface area contributed by atoms with Crippen molar-refractivity contribution in [3.05, 3.63) is 18.0 Å². The van der Waals surface area contributed by atoms with Gasteiger partial charge in [-0.05, 0) is 6.92 Å². The minimum atomic E-state index is -4.18. The summed E-state index contributed by atoms with van der Waals surface area (Å²) < 4.78 is 38.1. The summed E-state index contributed by atoms with van der Waals surface area (Å²) >= 11 is 0. The number of nitrogens with one attached hydrogen (secondary N) is 1. The molecule has 0 fully saturated rings. The molecule has 1 heterocycles. The molecule has 5 nitrogen and oxygen atoms in total. The van der Waals surface area contributed by atoms with Crippen LogP contribution >= 0.6 is 0 Å². The van der Waals surface area contributed by atoms with Gasteiger partial charge in [0.25, 0.3) is 0 Å². The summed E-state index contributed by atoms with van der Waals surface area (Å²) in [5, 5.41) is 7.03. The van der Waals surface area contributed by atoms with Gasteiger partial charge in [0.05, 0.1) is 19.2 Å². The zero-order valence-corrected chi connectivity index (χ0v) is 11.9. The standard InChI is InChI=1S/C12H20F3N5/c1-4-16-11(17-6-5-12(13,14)15)19(2)8-10-7-18-20(3)9-10/h7,9H,4-6,8H2,1-3H3,(H,16,17). The normalized spacial score (nSPS) is 12.6. The highest BCUT2D eigenvalue weighted by Gasteiger charge is 2.26. The third kappa shape index (κ3) is 5.94. The van der Waals surface area contributed by atoms with Gasteiger partial charge in [-0.1, -0.05) is 0 Å². The number of aryl methyl sites for hydroxylation is 1. The molecule has 0 aliphatic carbocycles. The lowest BCUT2D eigenvalue weighted by Crippen LogP contribution is -2.38. The second kappa shape index (κ2) is 7.16. The summed E-state index contributed by atoms with van der Waals surface area (Å²) in [4.78, 5) is 5.76. The average molecular weight is 291 g/mol. The highest BCUT2D eigenvalue weighted by atomic mass is 19.4. The highest BCUT2D eigenvalue weighted by molar-refractivity contribution is 5.79. The first-order valence-corrected chi connectivity index (χ1v) is 6.35. The van der Waals surface area contributed by atoms with Crippen molar-refractivity contribution in [2.24, 2.45) is 12.0 Å². The summed E-state index contributed by atoms with van der Waals surface area (Å²) in [6, 6.07) is 0. The minimum absolute atomic E-state index is 0.275. The smallest absolute Gasteiger partial charge is 0.357 e. The third-order valence-electron chi connectivity index (χ3n) is 2.53. The van der Waals surface area contributed by atoms with Gasteiger partial charge in [0.1, 0.15) is 0 Å². The molecule has 0 saturated heterocycles. The zero-order valence-electron chi connectivity index (χ0n) is 11.9. The van der Waals surface area contributed by atoms with Gasteiger partial charge in [-0.2, -0.15) is 18.3 Å². The molecule has 0 atom stereocenters. The Hall–Kier alpha value is -1.73. The maximum atomic E-state index is 12.1. The first kappa shape index (κ1) is 16.3. The lowest BCUT2D eigenvalue weighted by molar-refractivity contribution is -0.132. The molecule has 8 heteroatoms. The lowest BCUT2D eigenvalue weighted by Gasteiger charge is -2.21. The van der Waals surface area contributed by atoms with Crippen LogP contribution in [0, 0.1) is 0 Å². The average Bonchev–Trinajstić information content (AvgIpc) is 2.72. The van der Waals surface area contributed by atoms with Crippen LogP contribution in [-0.2, 0) is 13.6 Å². The Kier molecular flexibility index (Phi) is 5.84. The predicted molar refractivity (Wildman–Crippen MR) is 71.3 cm³/mol. The summed E-state index contributed by atoms with van der Waals surface area (Å²) in [6.45, 7) is 2.73. The van der Waals surface area contributed by atoms with Crippen LogP contribution in [-0.4, -0.2) is 47.0 Å². The molecule has 114 valence electrons. The van der Waals surface area contributed by atoms with E-state index in [4.69, 9.17) is 0 Å². The summed E-state index contributed by atoms with van der Waals surface area (Å²) in [6.07, 6.45) is -1.52. The quantitative estimate of drug-likeness (QED) is 0.664. The molecule has 1 N–H and O–H groups in total. The number of hydrogen-bond donors (Lipinski definition) is 1. The maximum absolute atomic E-state index is 12.1. The van der Waals surface area contributed by atoms with Crippen LogP contribution in [0.3, 0.4) is 0 Å². The molecule has 1 aromatic heterocycles. The Morgan fingerprint density at radius 2 is 2.20 bits per heavy atom. The molecule has 0 bridgehead atoms. The van der Waals surface area contributed by atoms with Gasteiger partial charge in [0, 0.05) is 38.9 Å². The van der Waals surface area contributed by atoms with Crippen LogP contribution in [0.5, 0.6) is 0 Å². The highest BCUT2D eigenvalue weighted by Crippen LogP contribution is 2.19. The van der Waals surface area contributed by atoms with Crippen molar-refractivity contribution in [2.45, 2.75) is 26.1 Å². The second-order valence-corrected chi connectivity index (χ2v) is 4.48. The van der Waals surface area contributed by atoms with Crippen LogP contribution in [0.2, 0.25) is 0 Å². The van der Waals surface area contributed by atoms with E-state index in [1.54, 1.807) is 22.8 Å². The Bertz CT molecular complexity index is 439. The fraction of sp³-hybridized carbons (Fsp3) is 0.667. The second-order valence-electron chi connectivity index (χ2n) is 4.48. The molecule has 0 radical (unpaired) electrons. The van der Waals surface area contributed by atoms with E-state index in [1.807, 2.05) is 20.2 Å². The van der Waals surface area contributed by atoms with E-state index in [0.717, 1.165) is 5.56 Å². The fourth-order valence-electron chi connectivity index (χ4n) is 1.66.